The third-order valence-corrected chi connectivity index (χ3v) is 6.45. The fourth-order valence-electron chi connectivity index (χ4n) is 4.36. The Balaban J connectivity index is 1.65. The molecular weight excluding hydrogens is 420 g/mol. The molecule has 1 aliphatic heterocycles. The summed E-state index contributed by atoms with van der Waals surface area (Å²) >= 11 is 0. The highest BCUT2D eigenvalue weighted by atomic mass is 16.5. The van der Waals surface area contributed by atoms with E-state index in [9.17, 15) is 4.79 Å². The van der Waals surface area contributed by atoms with Crippen molar-refractivity contribution in [2.45, 2.75) is 58.4 Å². The lowest BCUT2D eigenvalue weighted by Gasteiger charge is -2.32. The maximum absolute atomic E-state index is 12.6. The van der Waals surface area contributed by atoms with E-state index in [0.29, 0.717) is 23.0 Å². The first kappa shape index (κ1) is 23.3. The summed E-state index contributed by atoms with van der Waals surface area (Å²) in [5.41, 5.74) is 8.16. The molecule has 0 spiro atoms. The van der Waals surface area contributed by atoms with Crippen LogP contribution < -0.4 is 5.43 Å². The minimum absolute atomic E-state index is 0.0583. The van der Waals surface area contributed by atoms with Crippen LogP contribution in [0.4, 0.5) is 0 Å². The fraction of sp³-hybridized carbons (Fsp3) is 0.500. The summed E-state index contributed by atoms with van der Waals surface area (Å²) in [6, 6.07) is 1.74. The van der Waals surface area contributed by atoms with Gasteiger partial charge in [0.05, 0.1) is 5.57 Å². The molecule has 0 aromatic carbocycles. The second-order valence-electron chi connectivity index (χ2n) is 8.52. The molecule has 0 saturated heterocycles. The van der Waals surface area contributed by atoms with Crippen LogP contribution in [0.15, 0.2) is 29.1 Å². The molecule has 2 atom stereocenters. The van der Waals surface area contributed by atoms with Crippen LogP contribution in [0.3, 0.4) is 0 Å². The quantitative estimate of drug-likeness (QED) is 0.424. The number of hydrazone groups is 1. The first-order valence-corrected chi connectivity index (χ1v) is 11.3. The van der Waals surface area contributed by atoms with Gasteiger partial charge in [0.15, 0.2) is 5.82 Å². The van der Waals surface area contributed by atoms with Crippen molar-refractivity contribution in [1.82, 2.24) is 25.3 Å². The van der Waals surface area contributed by atoms with E-state index < -0.39 is 0 Å². The first-order valence-electron chi connectivity index (χ1n) is 11.3. The number of carbonyl (C=O) groups excluding carboxylic acids is 1. The van der Waals surface area contributed by atoms with Crippen LogP contribution in [0.2, 0.25) is 0 Å². The van der Waals surface area contributed by atoms with E-state index in [1.165, 1.54) is 11.1 Å². The van der Waals surface area contributed by atoms with Crippen LogP contribution in [0.1, 0.15) is 60.9 Å². The number of hydrogen-bond acceptors (Lipinski definition) is 7. The number of aryl methyl sites for hydroxylation is 1. The molecule has 1 amide bonds. The zero-order chi connectivity index (χ0) is 23.5. The highest BCUT2D eigenvalue weighted by Crippen LogP contribution is 2.45. The van der Waals surface area contributed by atoms with Crippen molar-refractivity contribution < 1.29 is 14.3 Å². The molecule has 2 N–H and O–H groups in total. The maximum atomic E-state index is 12.6. The topological polar surface area (TPSA) is 105 Å². The molecule has 9 heteroatoms. The van der Waals surface area contributed by atoms with Crippen LogP contribution in [0.5, 0.6) is 0 Å². The van der Waals surface area contributed by atoms with Crippen LogP contribution in [-0.2, 0) is 20.7 Å². The molecule has 3 heterocycles. The van der Waals surface area contributed by atoms with Crippen LogP contribution in [0.25, 0.3) is 6.08 Å². The average molecular weight is 453 g/mol. The van der Waals surface area contributed by atoms with Crippen LogP contribution in [0, 0.1) is 6.92 Å². The molecule has 2 unspecified atom stereocenters. The summed E-state index contributed by atoms with van der Waals surface area (Å²) in [7, 11) is 3.42. The standard InChI is InChI=1S/C24H32N6O3/c1-14-18(9-12-30(15(2)32-4)16(3)33-5)21(17-7-8-17)20(27-14)13-19-22(28-29-24(19)31)23-25-10-6-11-26-23/h6,10-11,13,15-17,27H,7-9,12H2,1-5H3,(H,29,31). The number of H-pyrrole nitrogens is 1. The Morgan fingerprint density at radius 3 is 2.45 bits per heavy atom. The monoisotopic (exact) mass is 452 g/mol. The van der Waals surface area contributed by atoms with E-state index in [4.69, 9.17) is 9.47 Å². The summed E-state index contributed by atoms with van der Waals surface area (Å²) in [4.78, 5) is 26.8. The smallest absolute Gasteiger partial charge is 0.273 e. The Kier molecular flexibility index (Phi) is 7.02. The summed E-state index contributed by atoms with van der Waals surface area (Å²) in [5, 5.41) is 4.18. The van der Waals surface area contributed by atoms with E-state index >= 15 is 0 Å². The lowest BCUT2D eigenvalue weighted by Crippen LogP contribution is -2.43. The van der Waals surface area contributed by atoms with E-state index in [-0.39, 0.29) is 18.4 Å². The van der Waals surface area contributed by atoms with E-state index in [0.717, 1.165) is 37.2 Å². The Morgan fingerprint density at radius 2 is 1.85 bits per heavy atom. The lowest BCUT2D eigenvalue weighted by atomic mass is 9.99. The van der Waals surface area contributed by atoms with Gasteiger partial charge in [0.1, 0.15) is 18.2 Å². The van der Waals surface area contributed by atoms with Crippen molar-refractivity contribution in [3.05, 3.63) is 52.4 Å². The van der Waals surface area contributed by atoms with Gasteiger partial charge in [0.25, 0.3) is 5.91 Å². The fourth-order valence-corrected chi connectivity index (χ4v) is 4.36. The predicted octanol–water partition coefficient (Wildman–Crippen LogP) is 2.74. The normalized spacial score (nSPS) is 19.2. The number of hydrogen-bond donors (Lipinski definition) is 2. The van der Waals surface area contributed by atoms with Gasteiger partial charge in [-0.3, -0.25) is 9.69 Å². The third kappa shape index (κ3) is 4.90. The molecule has 0 radical (unpaired) electrons. The van der Waals surface area contributed by atoms with Crippen LogP contribution in [-0.4, -0.2) is 64.7 Å². The van der Waals surface area contributed by atoms with Crippen molar-refractivity contribution in [3.63, 3.8) is 0 Å². The first-order chi connectivity index (χ1) is 15.9. The van der Waals surface area contributed by atoms with Gasteiger partial charge in [-0.25, -0.2) is 15.4 Å². The van der Waals surface area contributed by atoms with Gasteiger partial charge in [-0.15, -0.1) is 0 Å². The molecule has 1 aliphatic carbocycles. The summed E-state index contributed by atoms with van der Waals surface area (Å²) in [6.45, 7) is 6.95. The highest BCUT2D eigenvalue weighted by molar-refractivity contribution is 6.32. The molecule has 0 bridgehead atoms. The van der Waals surface area contributed by atoms with Gasteiger partial charge in [0, 0.05) is 44.5 Å². The molecular formula is C24H32N6O3. The number of ether oxygens (including phenoxy) is 2. The van der Waals surface area contributed by atoms with Crippen molar-refractivity contribution >= 4 is 17.7 Å². The second-order valence-corrected chi connectivity index (χ2v) is 8.52. The number of rotatable bonds is 10. The van der Waals surface area contributed by atoms with Gasteiger partial charge >= 0.3 is 0 Å². The minimum Gasteiger partial charge on any atom is -0.367 e. The van der Waals surface area contributed by atoms with Crippen molar-refractivity contribution in [2.24, 2.45) is 5.10 Å². The molecule has 33 heavy (non-hydrogen) atoms. The molecule has 2 aliphatic rings. The molecule has 2 aromatic rings. The Bertz CT molecular complexity index is 1050. The number of aromatic nitrogens is 3. The number of nitrogens with zero attached hydrogens (tertiary/aromatic N) is 4. The van der Waals surface area contributed by atoms with Gasteiger partial charge in [-0.05, 0) is 69.2 Å². The van der Waals surface area contributed by atoms with E-state index in [1.807, 2.05) is 19.9 Å². The third-order valence-electron chi connectivity index (χ3n) is 6.45. The molecule has 1 saturated carbocycles. The molecule has 176 valence electrons. The van der Waals surface area contributed by atoms with Crippen LogP contribution >= 0.6 is 0 Å². The van der Waals surface area contributed by atoms with Gasteiger partial charge < -0.3 is 14.5 Å². The number of amides is 1. The lowest BCUT2D eigenvalue weighted by molar-refractivity contribution is -0.116. The zero-order valence-corrected chi connectivity index (χ0v) is 19.9. The van der Waals surface area contributed by atoms with Crippen molar-refractivity contribution in [2.75, 3.05) is 20.8 Å². The SMILES string of the molecule is COC(C)N(CCc1c(C)[nH]c(C=C2C(=O)NN=C2c2ncccn2)c1C1CC1)C(C)OC. The van der Waals surface area contributed by atoms with Gasteiger partial charge in [-0.1, -0.05) is 0 Å². The number of methoxy groups -OCH3 is 2. The number of aromatic amines is 1. The second kappa shape index (κ2) is 9.94. The van der Waals surface area contributed by atoms with E-state index in [1.54, 1.807) is 32.7 Å². The largest absolute Gasteiger partial charge is 0.367 e. The maximum Gasteiger partial charge on any atom is 0.273 e. The molecule has 4 rings (SSSR count). The predicted molar refractivity (Wildman–Crippen MR) is 126 cm³/mol. The van der Waals surface area contributed by atoms with E-state index in [2.05, 4.69) is 37.3 Å². The van der Waals surface area contributed by atoms with Crippen molar-refractivity contribution in [1.29, 1.82) is 0 Å². The Labute approximate surface area is 194 Å². The summed E-state index contributed by atoms with van der Waals surface area (Å²) < 4.78 is 11.1. The summed E-state index contributed by atoms with van der Waals surface area (Å²) in [5.74, 6) is 0.682. The number of carbonyl (C=O) groups is 1. The summed E-state index contributed by atoms with van der Waals surface area (Å²) in [6.07, 6.45) is 8.23. The highest BCUT2D eigenvalue weighted by Gasteiger charge is 2.33. The minimum atomic E-state index is -0.248. The van der Waals surface area contributed by atoms with Crippen molar-refractivity contribution in [3.8, 4) is 0 Å². The Morgan fingerprint density at radius 1 is 1.18 bits per heavy atom. The van der Waals surface area contributed by atoms with Gasteiger partial charge in [-0.2, -0.15) is 5.10 Å². The Hall–Kier alpha value is -2.88. The average Bonchev–Trinajstić information content (AvgIpc) is 3.54. The number of nitrogens with one attached hydrogen (secondary N) is 2. The van der Waals surface area contributed by atoms with Gasteiger partial charge in [0.2, 0.25) is 0 Å². The molecule has 2 aromatic heterocycles. The molecule has 1 fully saturated rings. The zero-order valence-electron chi connectivity index (χ0n) is 19.9. The molecule has 9 nitrogen and oxygen atoms in total.